The van der Waals surface area contributed by atoms with Gasteiger partial charge in [0.15, 0.2) is 0 Å². The molecule has 1 aromatic rings. The van der Waals surface area contributed by atoms with E-state index in [0.717, 1.165) is 30.1 Å². The van der Waals surface area contributed by atoms with Crippen molar-refractivity contribution in [3.8, 4) is 0 Å². The van der Waals surface area contributed by atoms with Crippen molar-refractivity contribution in [3.63, 3.8) is 0 Å². The summed E-state index contributed by atoms with van der Waals surface area (Å²) < 4.78 is 5.72. The van der Waals surface area contributed by atoms with Gasteiger partial charge >= 0.3 is 0 Å². The van der Waals surface area contributed by atoms with Gasteiger partial charge in [-0.05, 0) is 31.7 Å². The molecule has 98 valence electrons. The van der Waals surface area contributed by atoms with Crippen LogP contribution in [0.5, 0.6) is 0 Å². The van der Waals surface area contributed by atoms with E-state index < -0.39 is 0 Å². The second-order valence-electron chi connectivity index (χ2n) is 4.21. The fourth-order valence-corrected chi connectivity index (χ4v) is 2.49. The molecule has 0 spiro atoms. The van der Waals surface area contributed by atoms with E-state index in [4.69, 9.17) is 9.52 Å². The van der Waals surface area contributed by atoms with Crippen LogP contribution in [-0.4, -0.2) is 29.8 Å². The Labute approximate surface area is 108 Å². The Balaban J connectivity index is 2.53. The van der Waals surface area contributed by atoms with Crippen molar-refractivity contribution in [2.45, 2.75) is 38.8 Å². The van der Waals surface area contributed by atoms with Gasteiger partial charge in [0, 0.05) is 24.8 Å². The molecular weight excluding hydrogens is 234 g/mol. The van der Waals surface area contributed by atoms with Gasteiger partial charge in [0.2, 0.25) is 0 Å². The molecule has 1 aromatic heterocycles. The van der Waals surface area contributed by atoms with E-state index in [0.29, 0.717) is 6.04 Å². The van der Waals surface area contributed by atoms with Gasteiger partial charge in [-0.3, -0.25) is 0 Å². The summed E-state index contributed by atoms with van der Waals surface area (Å²) in [6.07, 6.45) is 3.79. The average Bonchev–Trinajstić information content (AvgIpc) is 2.78. The third-order valence-electron chi connectivity index (χ3n) is 2.79. The van der Waals surface area contributed by atoms with Gasteiger partial charge in [0.05, 0.1) is 6.04 Å². The first kappa shape index (κ1) is 14.6. The van der Waals surface area contributed by atoms with Crippen LogP contribution in [0.3, 0.4) is 0 Å². The normalized spacial score (nSPS) is 14.8. The molecule has 2 atom stereocenters. The molecule has 0 bridgehead atoms. The SMILES string of the molecule is CCc1ccc(C(C)NC(CCO)CSC)o1. The van der Waals surface area contributed by atoms with E-state index >= 15 is 0 Å². The first-order chi connectivity index (χ1) is 8.21. The lowest BCUT2D eigenvalue weighted by Gasteiger charge is -2.20. The second-order valence-corrected chi connectivity index (χ2v) is 5.12. The number of rotatable bonds is 8. The van der Waals surface area contributed by atoms with E-state index in [1.54, 1.807) is 11.8 Å². The van der Waals surface area contributed by atoms with Crippen LogP contribution >= 0.6 is 11.8 Å². The highest BCUT2D eigenvalue weighted by molar-refractivity contribution is 7.98. The zero-order valence-electron chi connectivity index (χ0n) is 10.9. The Bertz CT molecular complexity index is 308. The molecule has 17 heavy (non-hydrogen) atoms. The fourth-order valence-electron chi connectivity index (χ4n) is 1.82. The summed E-state index contributed by atoms with van der Waals surface area (Å²) in [5.74, 6) is 3.01. The summed E-state index contributed by atoms with van der Waals surface area (Å²) in [7, 11) is 0. The van der Waals surface area contributed by atoms with Crippen molar-refractivity contribution in [1.82, 2.24) is 5.32 Å². The van der Waals surface area contributed by atoms with Gasteiger partial charge < -0.3 is 14.8 Å². The van der Waals surface area contributed by atoms with Crippen LogP contribution in [0.25, 0.3) is 0 Å². The summed E-state index contributed by atoms with van der Waals surface area (Å²) >= 11 is 1.79. The van der Waals surface area contributed by atoms with Gasteiger partial charge in [0.1, 0.15) is 11.5 Å². The number of aliphatic hydroxyl groups excluding tert-OH is 1. The largest absolute Gasteiger partial charge is 0.464 e. The Morgan fingerprint density at radius 1 is 1.47 bits per heavy atom. The van der Waals surface area contributed by atoms with Crippen LogP contribution in [0.15, 0.2) is 16.5 Å². The Kier molecular flexibility index (Phi) is 6.70. The van der Waals surface area contributed by atoms with Gasteiger partial charge in [-0.2, -0.15) is 11.8 Å². The third kappa shape index (κ3) is 4.74. The molecule has 1 rings (SSSR count). The van der Waals surface area contributed by atoms with Crippen molar-refractivity contribution < 1.29 is 9.52 Å². The van der Waals surface area contributed by atoms with Crippen LogP contribution in [0.2, 0.25) is 0 Å². The molecule has 0 saturated carbocycles. The van der Waals surface area contributed by atoms with Crippen LogP contribution in [0.1, 0.15) is 37.8 Å². The second kappa shape index (κ2) is 7.80. The number of furan rings is 1. The Morgan fingerprint density at radius 2 is 2.24 bits per heavy atom. The lowest BCUT2D eigenvalue weighted by atomic mass is 10.2. The topological polar surface area (TPSA) is 45.4 Å². The number of thioether (sulfide) groups is 1. The van der Waals surface area contributed by atoms with Gasteiger partial charge in [-0.15, -0.1) is 0 Å². The lowest BCUT2D eigenvalue weighted by molar-refractivity contribution is 0.262. The van der Waals surface area contributed by atoms with Crippen molar-refractivity contribution in [3.05, 3.63) is 23.7 Å². The molecule has 3 nitrogen and oxygen atoms in total. The highest BCUT2D eigenvalue weighted by atomic mass is 32.2. The molecule has 1 heterocycles. The minimum Gasteiger partial charge on any atom is -0.464 e. The highest BCUT2D eigenvalue weighted by Gasteiger charge is 2.15. The van der Waals surface area contributed by atoms with Gasteiger partial charge in [-0.1, -0.05) is 6.92 Å². The maximum absolute atomic E-state index is 9.02. The number of aliphatic hydroxyl groups is 1. The maximum atomic E-state index is 9.02. The summed E-state index contributed by atoms with van der Waals surface area (Å²) in [5.41, 5.74) is 0. The van der Waals surface area contributed by atoms with Crippen LogP contribution < -0.4 is 5.32 Å². The van der Waals surface area contributed by atoms with Crippen molar-refractivity contribution in [1.29, 1.82) is 0 Å². The van der Waals surface area contributed by atoms with E-state index in [9.17, 15) is 0 Å². The van der Waals surface area contributed by atoms with Gasteiger partial charge in [-0.25, -0.2) is 0 Å². The summed E-state index contributed by atoms with van der Waals surface area (Å²) in [6, 6.07) is 4.59. The lowest BCUT2D eigenvalue weighted by Crippen LogP contribution is -2.34. The zero-order chi connectivity index (χ0) is 12.7. The third-order valence-corrected chi connectivity index (χ3v) is 3.52. The molecule has 0 aliphatic rings. The predicted molar refractivity (Wildman–Crippen MR) is 73.5 cm³/mol. The number of aryl methyl sites for hydroxylation is 1. The first-order valence-corrected chi connectivity index (χ1v) is 7.55. The van der Waals surface area contributed by atoms with Crippen LogP contribution in [-0.2, 0) is 6.42 Å². The monoisotopic (exact) mass is 257 g/mol. The molecule has 0 radical (unpaired) electrons. The Hall–Kier alpha value is -0.450. The fraction of sp³-hybridized carbons (Fsp3) is 0.692. The predicted octanol–water partition coefficient (Wildman–Crippen LogP) is 2.61. The molecular formula is C13H23NO2S. The molecule has 0 aromatic carbocycles. The van der Waals surface area contributed by atoms with E-state index in [-0.39, 0.29) is 12.6 Å². The Morgan fingerprint density at radius 3 is 2.76 bits per heavy atom. The minimum absolute atomic E-state index is 0.194. The summed E-state index contributed by atoms with van der Waals surface area (Å²) in [4.78, 5) is 0. The molecule has 0 fully saturated rings. The van der Waals surface area contributed by atoms with Crippen LogP contribution in [0, 0.1) is 0 Å². The molecule has 0 aliphatic heterocycles. The molecule has 2 N–H and O–H groups in total. The molecule has 0 aliphatic carbocycles. The van der Waals surface area contributed by atoms with Gasteiger partial charge in [0.25, 0.3) is 0 Å². The van der Waals surface area contributed by atoms with Crippen LogP contribution in [0.4, 0.5) is 0 Å². The zero-order valence-corrected chi connectivity index (χ0v) is 11.7. The highest BCUT2D eigenvalue weighted by Crippen LogP contribution is 2.18. The maximum Gasteiger partial charge on any atom is 0.120 e. The quantitative estimate of drug-likeness (QED) is 0.751. The first-order valence-electron chi connectivity index (χ1n) is 6.15. The summed E-state index contributed by atoms with van der Waals surface area (Å²) in [5, 5.41) is 12.5. The average molecular weight is 257 g/mol. The smallest absolute Gasteiger partial charge is 0.120 e. The van der Waals surface area contributed by atoms with E-state index in [2.05, 4.69) is 25.4 Å². The molecule has 0 amide bonds. The number of hydrogen-bond acceptors (Lipinski definition) is 4. The molecule has 4 heteroatoms. The van der Waals surface area contributed by atoms with Crippen molar-refractivity contribution >= 4 is 11.8 Å². The standard InChI is InChI=1S/C13H23NO2S/c1-4-12-5-6-13(16-12)10(2)14-11(7-8-15)9-17-3/h5-6,10-11,14-15H,4,7-9H2,1-3H3. The minimum atomic E-state index is 0.194. The van der Waals surface area contributed by atoms with E-state index in [1.807, 2.05) is 12.1 Å². The molecule has 0 saturated heterocycles. The molecule has 2 unspecified atom stereocenters. The van der Waals surface area contributed by atoms with Crippen molar-refractivity contribution in [2.24, 2.45) is 0 Å². The summed E-state index contributed by atoms with van der Waals surface area (Å²) in [6.45, 7) is 4.41. The van der Waals surface area contributed by atoms with E-state index in [1.165, 1.54) is 0 Å². The number of nitrogens with one attached hydrogen (secondary N) is 1. The number of hydrogen-bond donors (Lipinski definition) is 2. The van der Waals surface area contributed by atoms with Crippen molar-refractivity contribution in [2.75, 3.05) is 18.6 Å².